The lowest BCUT2D eigenvalue weighted by molar-refractivity contribution is 0.309. The molecule has 0 saturated heterocycles. The third-order valence-corrected chi connectivity index (χ3v) is 3.09. The summed E-state index contributed by atoms with van der Waals surface area (Å²) in [4.78, 5) is 8.49. The van der Waals surface area contributed by atoms with Crippen molar-refractivity contribution in [2.45, 2.75) is 13.2 Å². The topological polar surface area (TPSA) is 61.0 Å². The van der Waals surface area contributed by atoms with E-state index >= 15 is 0 Å². The Hall–Kier alpha value is -2.46. The number of nitrogens with two attached hydrogens (primary N) is 1. The van der Waals surface area contributed by atoms with Gasteiger partial charge >= 0.3 is 0 Å². The van der Waals surface area contributed by atoms with Crippen molar-refractivity contribution in [1.29, 1.82) is 0 Å². The van der Waals surface area contributed by atoms with Gasteiger partial charge in [-0.25, -0.2) is 0 Å². The van der Waals surface area contributed by atoms with Crippen molar-refractivity contribution in [1.82, 2.24) is 9.97 Å². The van der Waals surface area contributed by atoms with Gasteiger partial charge in [0.05, 0.1) is 11.2 Å². The Morgan fingerprint density at radius 2 is 1.95 bits per heavy atom. The lowest BCUT2D eigenvalue weighted by atomic mass is 10.2. The Morgan fingerprint density at radius 3 is 2.85 bits per heavy atom. The number of nitrogens with zero attached hydrogens (tertiary/aromatic N) is 2. The van der Waals surface area contributed by atoms with E-state index in [1.807, 2.05) is 42.5 Å². The lowest BCUT2D eigenvalue weighted by Crippen LogP contribution is -2.02. The molecule has 4 nitrogen and oxygen atoms in total. The predicted octanol–water partition coefficient (Wildman–Crippen LogP) is 2.67. The zero-order valence-electron chi connectivity index (χ0n) is 11.0. The Bertz CT molecular complexity index is 722. The van der Waals surface area contributed by atoms with Crippen molar-refractivity contribution in [3.8, 4) is 5.75 Å². The van der Waals surface area contributed by atoms with E-state index in [-0.39, 0.29) is 0 Å². The van der Waals surface area contributed by atoms with Crippen LogP contribution in [0.2, 0.25) is 0 Å². The molecular weight excluding hydrogens is 250 g/mol. The highest BCUT2D eigenvalue weighted by Crippen LogP contribution is 2.24. The average molecular weight is 265 g/mol. The van der Waals surface area contributed by atoms with Crippen LogP contribution in [0.4, 0.5) is 0 Å². The summed E-state index contributed by atoms with van der Waals surface area (Å²) >= 11 is 0. The molecule has 20 heavy (non-hydrogen) atoms. The molecule has 2 N–H and O–H groups in total. The zero-order chi connectivity index (χ0) is 13.8. The first-order valence-corrected chi connectivity index (χ1v) is 6.47. The fourth-order valence-corrected chi connectivity index (χ4v) is 2.09. The maximum absolute atomic E-state index is 5.90. The van der Waals surface area contributed by atoms with Crippen LogP contribution < -0.4 is 10.5 Å². The van der Waals surface area contributed by atoms with Gasteiger partial charge in [-0.05, 0) is 42.0 Å². The SMILES string of the molecule is NCc1cc(COc2cccc3ncccc23)ccn1. The Morgan fingerprint density at radius 1 is 1.00 bits per heavy atom. The van der Waals surface area contributed by atoms with Crippen molar-refractivity contribution in [3.63, 3.8) is 0 Å². The van der Waals surface area contributed by atoms with Crippen LogP contribution in [0.1, 0.15) is 11.3 Å². The molecule has 0 bridgehead atoms. The first kappa shape index (κ1) is 12.6. The van der Waals surface area contributed by atoms with Crippen LogP contribution in [0.25, 0.3) is 10.9 Å². The average Bonchev–Trinajstić information content (AvgIpc) is 2.53. The lowest BCUT2D eigenvalue weighted by Gasteiger charge is -2.09. The quantitative estimate of drug-likeness (QED) is 0.787. The van der Waals surface area contributed by atoms with E-state index in [1.54, 1.807) is 12.4 Å². The fourth-order valence-electron chi connectivity index (χ4n) is 2.09. The molecule has 4 heteroatoms. The highest BCUT2D eigenvalue weighted by atomic mass is 16.5. The zero-order valence-corrected chi connectivity index (χ0v) is 11.0. The summed E-state index contributed by atoms with van der Waals surface area (Å²) in [5, 5.41) is 1.02. The second-order valence-corrected chi connectivity index (χ2v) is 4.47. The van der Waals surface area contributed by atoms with Crippen LogP contribution in [0, 0.1) is 0 Å². The molecule has 2 aromatic heterocycles. The van der Waals surface area contributed by atoms with Crippen molar-refractivity contribution >= 4 is 10.9 Å². The van der Waals surface area contributed by atoms with Gasteiger partial charge in [-0.2, -0.15) is 0 Å². The minimum Gasteiger partial charge on any atom is -0.488 e. The molecule has 0 aliphatic heterocycles. The molecule has 0 unspecified atom stereocenters. The number of ether oxygens (including phenoxy) is 1. The van der Waals surface area contributed by atoms with E-state index in [4.69, 9.17) is 10.5 Å². The van der Waals surface area contributed by atoms with E-state index in [2.05, 4.69) is 9.97 Å². The number of fused-ring (bicyclic) bond motifs is 1. The summed E-state index contributed by atoms with van der Waals surface area (Å²) in [7, 11) is 0. The standard InChI is InChI=1S/C16H15N3O/c17-10-13-9-12(6-8-18-13)11-20-16-5-1-4-15-14(16)3-2-7-19-15/h1-9H,10-11,17H2. The molecule has 0 aliphatic rings. The van der Waals surface area contributed by atoms with Gasteiger partial charge in [-0.15, -0.1) is 0 Å². The van der Waals surface area contributed by atoms with E-state index in [0.717, 1.165) is 27.9 Å². The van der Waals surface area contributed by atoms with Crippen molar-refractivity contribution < 1.29 is 4.74 Å². The number of hydrogen-bond donors (Lipinski definition) is 1. The smallest absolute Gasteiger partial charge is 0.129 e. The van der Waals surface area contributed by atoms with Crippen molar-refractivity contribution in [3.05, 3.63) is 66.1 Å². The third kappa shape index (κ3) is 2.60. The molecule has 0 spiro atoms. The van der Waals surface area contributed by atoms with Crippen LogP contribution in [0.3, 0.4) is 0 Å². The Balaban J connectivity index is 1.83. The Labute approximate surface area is 117 Å². The molecule has 0 fully saturated rings. The molecule has 0 amide bonds. The molecule has 0 radical (unpaired) electrons. The molecule has 100 valence electrons. The van der Waals surface area contributed by atoms with Crippen LogP contribution in [-0.4, -0.2) is 9.97 Å². The van der Waals surface area contributed by atoms with Crippen LogP contribution >= 0.6 is 0 Å². The molecule has 3 rings (SSSR count). The van der Waals surface area contributed by atoms with Crippen LogP contribution in [0.5, 0.6) is 5.75 Å². The first-order valence-electron chi connectivity index (χ1n) is 6.47. The molecule has 3 aromatic rings. The van der Waals surface area contributed by atoms with Crippen molar-refractivity contribution in [2.24, 2.45) is 5.73 Å². The van der Waals surface area contributed by atoms with E-state index in [0.29, 0.717) is 13.2 Å². The summed E-state index contributed by atoms with van der Waals surface area (Å²) < 4.78 is 5.90. The minimum absolute atomic E-state index is 0.437. The highest BCUT2D eigenvalue weighted by molar-refractivity contribution is 5.84. The van der Waals surface area contributed by atoms with Gasteiger partial charge in [-0.3, -0.25) is 9.97 Å². The maximum atomic E-state index is 5.90. The van der Waals surface area contributed by atoms with Gasteiger partial charge in [0.2, 0.25) is 0 Å². The van der Waals surface area contributed by atoms with Gasteiger partial charge in [0.25, 0.3) is 0 Å². The normalized spacial score (nSPS) is 10.7. The first-order chi connectivity index (χ1) is 9.86. The largest absolute Gasteiger partial charge is 0.488 e. The van der Waals surface area contributed by atoms with Gasteiger partial charge < -0.3 is 10.5 Å². The third-order valence-electron chi connectivity index (χ3n) is 3.09. The summed E-state index contributed by atoms with van der Waals surface area (Å²) in [6.45, 7) is 0.926. The summed E-state index contributed by atoms with van der Waals surface area (Å²) in [5.41, 5.74) is 8.44. The van der Waals surface area contributed by atoms with Gasteiger partial charge in [0.15, 0.2) is 0 Å². The second-order valence-electron chi connectivity index (χ2n) is 4.47. The van der Waals surface area contributed by atoms with Gasteiger partial charge in [0.1, 0.15) is 12.4 Å². The number of rotatable bonds is 4. The van der Waals surface area contributed by atoms with Crippen LogP contribution in [0.15, 0.2) is 54.9 Å². The number of aromatic nitrogens is 2. The molecule has 2 heterocycles. The number of benzene rings is 1. The van der Waals surface area contributed by atoms with E-state index in [9.17, 15) is 0 Å². The summed E-state index contributed by atoms with van der Waals surface area (Å²) in [5.74, 6) is 0.835. The highest BCUT2D eigenvalue weighted by Gasteiger charge is 2.03. The molecule has 0 saturated carbocycles. The van der Waals surface area contributed by atoms with E-state index in [1.165, 1.54) is 0 Å². The van der Waals surface area contributed by atoms with Gasteiger partial charge in [0, 0.05) is 24.3 Å². The minimum atomic E-state index is 0.437. The van der Waals surface area contributed by atoms with Crippen LogP contribution in [-0.2, 0) is 13.2 Å². The van der Waals surface area contributed by atoms with Crippen molar-refractivity contribution in [2.75, 3.05) is 0 Å². The monoisotopic (exact) mass is 265 g/mol. The number of pyridine rings is 2. The maximum Gasteiger partial charge on any atom is 0.129 e. The number of hydrogen-bond acceptors (Lipinski definition) is 4. The summed E-state index contributed by atoms with van der Waals surface area (Å²) in [6.07, 6.45) is 3.54. The second kappa shape index (κ2) is 5.67. The Kier molecular flexibility index (Phi) is 3.56. The van der Waals surface area contributed by atoms with Gasteiger partial charge in [-0.1, -0.05) is 6.07 Å². The molecule has 0 atom stereocenters. The molecule has 0 aliphatic carbocycles. The summed E-state index contributed by atoms with van der Waals surface area (Å²) in [6, 6.07) is 13.7. The fraction of sp³-hybridized carbons (Fsp3) is 0.125. The predicted molar refractivity (Wildman–Crippen MR) is 78.2 cm³/mol. The molecular formula is C16H15N3O. The molecule has 1 aromatic carbocycles. The van der Waals surface area contributed by atoms with E-state index < -0.39 is 0 Å².